The highest BCUT2D eigenvalue weighted by Crippen LogP contribution is 2.38. The molecule has 0 radical (unpaired) electrons. The maximum Gasteiger partial charge on any atom is 0.156 e. The number of rotatable bonds is 8. The van der Waals surface area contributed by atoms with Crippen molar-refractivity contribution in [3.63, 3.8) is 0 Å². The number of β-amino-alcohol motifs (C(OH)–C–C–N with tert-alkyl or cyclic N) is 1. The highest BCUT2D eigenvalue weighted by molar-refractivity contribution is 6.36. The van der Waals surface area contributed by atoms with Gasteiger partial charge in [-0.2, -0.15) is 0 Å². The van der Waals surface area contributed by atoms with Crippen LogP contribution in [0.15, 0.2) is 85.5 Å². The Morgan fingerprint density at radius 3 is 2.44 bits per heavy atom. The van der Waals surface area contributed by atoms with E-state index in [1.165, 1.54) is 0 Å². The Labute approximate surface area is 266 Å². The van der Waals surface area contributed by atoms with E-state index in [9.17, 15) is 10.2 Å². The normalized spacial score (nSPS) is 15.2. The first-order chi connectivity index (χ1) is 22.0. The predicted octanol–water partition coefficient (Wildman–Crippen LogP) is 6.60. The Morgan fingerprint density at radius 2 is 1.62 bits per heavy atom. The third-order valence-electron chi connectivity index (χ3n) is 8.57. The summed E-state index contributed by atoms with van der Waals surface area (Å²) in [5.74, 6) is 0.638. The molecule has 2 aromatic carbocycles. The van der Waals surface area contributed by atoms with Crippen LogP contribution in [0.5, 0.6) is 0 Å². The fraction of sp³-hybridized carbons (Fsp3) is 0.222. The number of benzene rings is 2. The van der Waals surface area contributed by atoms with E-state index in [2.05, 4.69) is 50.3 Å². The molecule has 0 amide bonds. The summed E-state index contributed by atoms with van der Waals surface area (Å²) in [5, 5.41) is 25.4. The SMILES string of the molecule is Cc1c(Cc2nccc3cc(CO)cnc23)cccc1-c1cccc(Nc2nccc3cc(CN4CC[C@@H](O)C4)cnc23)c1Cl. The molecule has 0 saturated carbocycles. The molecule has 0 bridgehead atoms. The zero-order valence-corrected chi connectivity index (χ0v) is 25.7. The Kier molecular flexibility index (Phi) is 8.12. The monoisotopic (exact) mass is 616 g/mol. The van der Waals surface area contributed by atoms with Crippen LogP contribution in [-0.4, -0.2) is 54.2 Å². The number of aromatic nitrogens is 4. The summed E-state index contributed by atoms with van der Waals surface area (Å²) in [5.41, 5.74) is 9.32. The van der Waals surface area contributed by atoms with E-state index in [0.717, 1.165) is 86.1 Å². The first kappa shape index (κ1) is 29.3. The number of hydrogen-bond acceptors (Lipinski definition) is 8. The average molecular weight is 617 g/mol. The van der Waals surface area contributed by atoms with Crippen molar-refractivity contribution in [3.8, 4) is 11.1 Å². The molecule has 226 valence electrons. The molecule has 8 nitrogen and oxygen atoms in total. The van der Waals surface area contributed by atoms with Crippen LogP contribution in [0.1, 0.15) is 34.4 Å². The van der Waals surface area contributed by atoms with Gasteiger partial charge >= 0.3 is 0 Å². The highest BCUT2D eigenvalue weighted by Gasteiger charge is 2.20. The number of anilines is 2. The molecule has 3 N–H and O–H groups in total. The molecular weight excluding hydrogens is 584 g/mol. The molecule has 4 aromatic heterocycles. The van der Waals surface area contributed by atoms with Crippen LogP contribution in [0.3, 0.4) is 0 Å². The number of likely N-dealkylation sites (tertiary alicyclic amines) is 1. The second-order valence-electron chi connectivity index (χ2n) is 11.6. The maximum absolute atomic E-state index is 9.88. The van der Waals surface area contributed by atoms with Gasteiger partial charge in [-0.3, -0.25) is 19.9 Å². The van der Waals surface area contributed by atoms with E-state index >= 15 is 0 Å². The molecule has 1 aliphatic rings. The van der Waals surface area contributed by atoms with Crippen molar-refractivity contribution < 1.29 is 10.2 Å². The molecule has 9 heteroatoms. The van der Waals surface area contributed by atoms with Gasteiger partial charge in [-0.1, -0.05) is 41.9 Å². The molecule has 1 saturated heterocycles. The minimum atomic E-state index is -0.245. The number of pyridine rings is 4. The first-order valence-electron chi connectivity index (χ1n) is 15.1. The quantitative estimate of drug-likeness (QED) is 0.176. The summed E-state index contributed by atoms with van der Waals surface area (Å²) in [4.78, 5) is 20.9. The lowest BCUT2D eigenvalue weighted by molar-refractivity contribution is 0.175. The van der Waals surface area contributed by atoms with Crippen LogP contribution >= 0.6 is 11.6 Å². The summed E-state index contributed by atoms with van der Waals surface area (Å²) in [6.07, 6.45) is 8.35. The Bertz CT molecular complexity index is 2030. The lowest BCUT2D eigenvalue weighted by Gasteiger charge is -2.17. The summed E-state index contributed by atoms with van der Waals surface area (Å²) in [6, 6.07) is 20.2. The van der Waals surface area contributed by atoms with E-state index in [0.29, 0.717) is 23.8 Å². The third-order valence-corrected chi connectivity index (χ3v) is 8.98. The Balaban J connectivity index is 1.17. The molecule has 6 aromatic rings. The predicted molar refractivity (Wildman–Crippen MR) is 179 cm³/mol. The summed E-state index contributed by atoms with van der Waals surface area (Å²) >= 11 is 7.09. The molecule has 0 aliphatic carbocycles. The van der Waals surface area contributed by atoms with Gasteiger partial charge in [-0.15, -0.1) is 0 Å². The van der Waals surface area contributed by atoms with Crippen LogP contribution in [0.25, 0.3) is 32.9 Å². The van der Waals surface area contributed by atoms with Gasteiger partial charge in [0.25, 0.3) is 0 Å². The van der Waals surface area contributed by atoms with Crippen LogP contribution < -0.4 is 5.32 Å². The van der Waals surface area contributed by atoms with Gasteiger partial charge in [-0.25, -0.2) is 4.98 Å². The lowest BCUT2D eigenvalue weighted by atomic mass is 9.93. The second-order valence-corrected chi connectivity index (χ2v) is 12.0. The van der Waals surface area contributed by atoms with Gasteiger partial charge in [0.05, 0.1) is 34.6 Å². The number of nitrogens with one attached hydrogen (secondary N) is 1. The lowest BCUT2D eigenvalue weighted by Crippen LogP contribution is -2.21. The van der Waals surface area contributed by atoms with Gasteiger partial charge in [-0.05, 0) is 71.5 Å². The molecule has 0 unspecified atom stereocenters. The van der Waals surface area contributed by atoms with Crippen LogP contribution in [-0.2, 0) is 19.6 Å². The van der Waals surface area contributed by atoms with E-state index in [1.807, 2.05) is 48.7 Å². The molecule has 1 aliphatic heterocycles. The van der Waals surface area contributed by atoms with E-state index < -0.39 is 0 Å². The topological polar surface area (TPSA) is 107 Å². The minimum Gasteiger partial charge on any atom is -0.392 e. The van der Waals surface area contributed by atoms with Gasteiger partial charge in [0, 0.05) is 67.2 Å². The standard InChI is InChI=1S/C36H33ClN6O2/c1-22-25(16-32-34-26(8-11-38-32)15-24(21-44)18-40-34)4-2-5-29(22)30-6-3-7-31(33(30)37)42-36-35-27(9-12-39-36)14-23(17-41-35)19-43-13-10-28(45)20-43/h2-9,11-12,14-15,17-18,28,44-45H,10,13,16,19-21H2,1H3,(H,39,42)/t28-/m1/s1. The second kappa shape index (κ2) is 12.5. The number of nitrogens with zero attached hydrogens (tertiary/aromatic N) is 5. The zero-order valence-electron chi connectivity index (χ0n) is 24.9. The van der Waals surface area contributed by atoms with Crippen molar-refractivity contribution in [1.29, 1.82) is 0 Å². The van der Waals surface area contributed by atoms with E-state index in [4.69, 9.17) is 16.6 Å². The van der Waals surface area contributed by atoms with Gasteiger partial charge < -0.3 is 15.5 Å². The largest absolute Gasteiger partial charge is 0.392 e. The van der Waals surface area contributed by atoms with Crippen LogP contribution in [0.2, 0.25) is 5.02 Å². The number of aliphatic hydroxyl groups excluding tert-OH is 2. The molecule has 5 heterocycles. The number of fused-ring (bicyclic) bond motifs is 2. The molecular formula is C36H33ClN6O2. The number of hydrogen-bond donors (Lipinski definition) is 3. The molecule has 0 spiro atoms. The average Bonchev–Trinajstić information content (AvgIpc) is 3.47. The number of aliphatic hydroxyl groups is 2. The highest BCUT2D eigenvalue weighted by atomic mass is 35.5. The minimum absolute atomic E-state index is 0.0459. The fourth-order valence-corrected chi connectivity index (χ4v) is 6.46. The smallest absolute Gasteiger partial charge is 0.156 e. The molecule has 1 atom stereocenters. The molecule has 45 heavy (non-hydrogen) atoms. The van der Waals surface area contributed by atoms with E-state index in [-0.39, 0.29) is 12.7 Å². The summed E-state index contributed by atoms with van der Waals surface area (Å²) < 4.78 is 0. The van der Waals surface area contributed by atoms with Crippen LogP contribution in [0, 0.1) is 6.92 Å². The summed E-state index contributed by atoms with van der Waals surface area (Å²) in [6.45, 7) is 4.41. The number of halogens is 1. The van der Waals surface area contributed by atoms with Gasteiger partial charge in [0.2, 0.25) is 0 Å². The summed E-state index contributed by atoms with van der Waals surface area (Å²) in [7, 11) is 0. The Hall–Kier alpha value is -4.47. The maximum atomic E-state index is 9.88. The third kappa shape index (κ3) is 5.98. The fourth-order valence-electron chi connectivity index (χ4n) is 6.19. The van der Waals surface area contributed by atoms with Crippen LogP contribution in [0.4, 0.5) is 11.5 Å². The van der Waals surface area contributed by atoms with Crippen molar-refractivity contribution in [3.05, 3.63) is 118 Å². The zero-order chi connectivity index (χ0) is 30.9. The van der Waals surface area contributed by atoms with Crippen molar-refractivity contribution >= 4 is 44.9 Å². The van der Waals surface area contributed by atoms with Crippen molar-refractivity contribution in [2.24, 2.45) is 0 Å². The molecule has 7 rings (SSSR count). The van der Waals surface area contributed by atoms with Crippen molar-refractivity contribution in [2.75, 3.05) is 18.4 Å². The van der Waals surface area contributed by atoms with Crippen molar-refractivity contribution in [2.45, 2.75) is 39.0 Å². The first-order valence-corrected chi connectivity index (χ1v) is 15.5. The Morgan fingerprint density at radius 1 is 0.889 bits per heavy atom. The van der Waals surface area contributed by atoms with Gasteiger partial charge in [0.15, 0.2) is 5.82 Å². The molecule has 1 fully saturated rings. The van der Waals surface area contributed by atoms with Crippen molar-refractivity contribution in [1.82, 2.24) is 24.8 Å². The van der Waals surface area contributed by atoms with Gasteiger partial charge in [0.1, 0.15) is 5.52 Å². The van der Waals surface area contributed by atoms with E-state index in [1.54, 1.807) is 18.6 Å².